The second-order valence-electron chi connectivity index (χ2n) is 8.43. The van der Waals surface area contributed by atoms with Gasteiger partial charge in [0.1, 0.15) is 18.4 Å². The number of hydrogen-bond donors (Lipinski definition) is 1. The quantitative estimate of drug-likeness (QED) is 0.589. The molecule has 0 unspecified atom stereocenters. The highest BCUT2D eigenvalue weighted by Crippen LogP contribution is 2.23. The first kappa shape index (κ1) is 21.5. The highest BCUT2D eigenvalue weighted by molar-refractivity contribution is 5.84. The maximum absolute atomic E-state index is 12.0. The molecule has 1 aromatic rings. The number of carbonyl (C=O) groups is 1. The third-order valence-corrected chi connectivity index (χ3v) is 5.92. The number of benzene rings is 1. The Kier molecular flexibility index (Phi) is 8.20. The van der Waals surface area contributed by atoms with Gasteiger partial charge in [0.2, 0.25) is 5.91 Å². The van der Waals surface area contributed by atoms with E-state index >= 15 is 0 Å². The average Bonchev–Trinajstić information content (AvgIpc) is 2.76. The van der Waals surface area contributed by atoms with Gasteiger partial charge in [-0.2, -0.15) is 0 Å². The van der Waals surface area contributed by atoms with Crippen molar-refractivity contribution < 1.29 is 9.53 Å². The summed E-state index contributed by atoms with van der Waals surface area (Å²) in [7, 11) is 3.55. The van der Waals surface area contributed by atoms with Gasteiger partial charge in [0.05, 0.1) is 0 Å². The lowest BCUT2D eigenvalue weighted by Crippen LogP contribution is -2.49. The number of nitrogens with zero attached hydrogens (tertiary/aromatic N) is 3. The summed E-state index contributed by atoms with van der Waals surface area (Å²) >= 11 is 0. The molecule has 0 radical (unpaired) electrons. The number of likely N-dealkylation sites (tertiary alicyclic amines) is 1. The lowest BCUT2D eigenvalue weighted by Gasteiger charge is -2.35. The van der Waals surface area contributed by atoms with Crippen LogP contribution in [0, 0.1) is 5.92 Å². The van der Waals surface area contributed by atoms with Gasteiger partial charge >= 0.3 is 0 Å². The lowest BCUT2D eigenvalue weighted by atomic mass is 9.89. The van der Waals surface area contributed by atoms with Crippen LogP contribution in [-0.2, 0) is 4.79 Å². The third-order valence-electron chi connectivity index (χ3n) is 5.92. The fourth-order valence-corrected chi connectivity index (χ4v) is 4.06. The normalized spacial score (nSPS) is 19.1. The van der Waals surface area contributed by atoms with Gasteiger partial charge < -0.3 is 19.9 Å². The summed E-state index contributed by atoms with van der Waals surface area (Å²) in [4.78, 5) is 20.6. The Balaban J connectivity index is 1.55. The molecule has 29 heavy (non-hydrogen) atoms. The molecule has 1 amide bonds. The van der Waals surface area contributed by atoms with Crippen molar-refractivity contribution in [2.45, 2.75) is 51.0 Å². The van der Waals surface area contributed by atoms with Gasteiger partial charge in [0.15, 0.2) is 5.96 Å². The first-order chi connectivity index (χ1) is 14.1. The molecule has 0 spiro atoms. The van der Waals surface area contributed by atoms with E-state index in [0.29, 0.717) is 0 Å². The molecule has 1 aliphatic carbocycles. The molecule has 1 aromatic carbocycles. The largest absolute Gasteiger partial charge is 0.490 e. The maximum atomic E-state index is 12.0. The first-order valence-electron chi connectivity index (χ1n) is 11.1. The van der Waals surface area contributed by atoms with Crippen LogP contribution in [0.4, 0.5) is 0 Å². The molecule has 1 heterocycles. The van der Waals surface area contributed by atoms with Gasteiger partial charge in [0.25, 0.3) is 0 Å². The molecular weight excluding hydrogens is 364 g/mol. The summed E-state index contributed by atoms with van der Waals surface area (Å²) in [6.45, 7) is 2.93. The Morgan fingerprint density at radius 1 is 1.10 bits per heavy atom. The van der Waals surface area contributed by atoms with Crippen molar-refractivity contribution in [1.82, 2.24) is 15.1 Å². The van der Waals surface area contributed by atoms with Crippen LogP contribution in [0.25, 0.3) is 0 Å². The predicted molar refractivity (Wildman–Crippen MR) is 117 cm³/mol. The monoisotopic (exact) mass is 400 g/mol. The first-order valence-corrected chi connectivity index (χ1v) is 11.1. The number of guanidine groups is 1. The smallest absolute Gasteiger partial charge is 0.243 e. The van der Waals surface area contributed by atoms with Crippen LogP contribution in [0.5, 0.6) is 5.75 Å². The zero-order valence-electron chi connectivity index (χ0n) is 18.0. The van der Waals surface area contributed by atoms with E-state index in [1.165, 1.54) is 32.1 Å². The number of para-hydroxylation sites is 1. The number of aliphatic imine (C=N–C) groups is 1. The van der Waals surface area contributed by atoms with Crippen molar-refractivity contribution in [2.24, 2.45) is 10.9 Å². The molecule has 2 aliphatic rings. The molecule has 3 rings (SSSR count). The number of carbonyl (C=O) groups excluding carboxylic acids is 1. The van der Waals surface area contributed by atoms with Crippen molar-refractivity contribution in [1.29, 1.82) is 0 Å². The van der Waals surface area contributed by atoms with Crippen molar-refractivity contribution in [3.63, 3.8) is 0 Å². The summed E-state index contributed by atoms with van der Waals surface area (Å²) in [6, 6.07) is 10.0. The van der Waals surface area contributed by atoms with Crippen LogP contribution >= 0.6 is 0 Å². The van der Waals surface area contributed by atoms with Gasteiger partial charge in [-0.05, 0) is 30.9 Å². The second kappa shape index (κ2) is 11.1. The Labute approximate surface area is 175 Å². The molecule has 1 N–H and O–H groups in total. The zero-order chi connectivity index (χ0) is 20.5. The fraction of sp³-hybridized carbons (Fsp3) is 0.652. The van der Waals surface area contributed by atoms with Crippen molar-refractivity contribution in [3.05, 3.63) is 30.3 Å². The van der Waals surface area contributed by atoms with Crippen molar-refractivity contribution >= 4 is 11.9 Å². The second-order valence-corrected chi connectivity index (χ2v) is 8.43. The minimum Gasteiger partial charge on any atom is -0.490 e. The summed E-state index contributed by atoms with van der Waals surface area (Å²) in [6.07, 6.45) is 8.77. The highest BCUT2D eigenvalue weighted by atomic mass is 16.5. The fourth-order valence-electron chi connectivity index (χ4n) is 4.06. The molecule has 6 heteroatoms. The standard InChI is InChI=1S/C23H36N4O2/c1-26(2)22(28)18-25-23(24-17-19-9-5-3-6-10-19)27-15-13-21(14-16-27)29-20-11-7-4-8-12-20/h4,7-8,11-12,19,21H,3,5-6,9-10,13-18H2,1-2H3,(H,24,25). The number of amides is 1. The van der Waals surface area contributed by atoms with E-state index < -0.39 is 0 Å². The molecule has 1 saturated heterocycles. The number of piperidine rings is 1. The molecular formula is C23H36N4O2. The maximum Gasteiger partial charge on any atom is 0.243 e. The van der Waals surface area contributed by atoms with Crippen LogP contribution in [0.2, 0.25) is 0 Å². The van der Waals surface area contributed by atoms with Gasteiger partial charge in [-0.1, -0.05) is 37.5 Å². The van der Waals surface area contributed by atoms with Crippen LogP contribution < -0.4 is 10.1 Å². The van der Waals surface area contributed by atoms with Crippen molar-refractivity contribution in [2.75, 3.05) is 40.3 Å². The molecule has 160 valence electrons. The molecule has 0 atom stereocenters. The summed E-state index contributed by atoms with van der Waals surface area (Å²) in [5.74, 6) is 2.57. The Morgan fingerprint density at radius 3 is 2.45 bits per heavy atom. The minimum atomic E-state index is 0.0317. The van der Waals surface area contributed by atoms with E-state index in [9.17, 15) is 4.79 Å². The van der Waals surface area contributed by atoms with Gasteiger partial charge in [-0.15, -0.1) is 0 Å². The van der Waals surface area contributed by atoms with E-state index in [1.807, 2.05) is 30.3 Å². The minimum absolute atomic E-state index is 0.0317. The molecule has 1 saturated carbocycles. The number of rotatable bonds is 6. The van der Waals surface area contributed by atoms with Crippen LogP contribution in [0.1, 0.15) is 44.9 Å². The van der Waals surface area contributed by atoms with Gasteiger partial charge in [0, 0.05) is 46.6 Å². The molecule has 1 aliphatic heterocycles. The van der Waals surface area contributed by atoms with Gasteiger partial charge in [-0.25, -0.2) is 4.99 Å². The third kappa shape index (κ3) is 6.94. The average molecular weight is 401 g/mol. The van der Waals surface area contributed by atoms with E-state index in [2.05, 4.69) is 15.2 Å². The highest BCUT2D eigenvalue weighted by Gasteiger charge is 2.24. The number of likely N-dealkylation sites (N-methyl/N-ethyl adjacent to an activating group) is 1. The summed E-state index contributed by atoms with van der Waals surface area (Å²) < 4.78 is 6.12. The Bertz CT molecular complexity index is 648. The number of nitrogens with one attached hydrogen (secondary N) is 1. The molecule has 6 nitrogen and oxygen atoms in total. The molecule has 0 aromatic heterocycles. The Hall–Kier alpha value is -2.24. The van der Waals surface area contributed by atoms with E-state index in [-0.39, 0.29) is 18.6 Å². The topological polar surface area (TPSA) is 57.2 Å². The van der Waals surface area contributed by atoms with E-state index in [0.717, 1.165) is 50.1 Å². The van der Waals surface area contributed by atoms with Crippen molar-refractivity contribution in [3.8, 4) is 5.75 Å². The summed E-state index contributed by atoms with van der Waals surface area (Å²) in [5.41, 5.74) is 0. The van der Waals surface area contributed by atoms with E-state index in [1.54, 1.807) is 19.0 Å². The van der Waals surface area contributed by atoms with E-state index in [4.69, 9.17) is 4.74 Å². The number of hydrogen-bond acceptors (Lipinski definition) is 3. The predicted octanol–water partition coefficient (Wildman–Crippen LogP) is 3.14. The lowest BCUT2D eigenvalue weighted by molar-refractivity contribution is -0.127. The SMILES string of the molecule is CN(C)C(=O)CN=C(NCC1CCCCC1)N1CCC(Oc2ccccc2)CC1. The summed E-state index contributed by atoms with van der Waals surface area (Å²) in [5, 5.41) is 3.58. The molecule has 2 fully saturated rings. The van der Waals surface area contributed by atoms with Gasteiger partial charge in [-0.3, -0.25) is 4.79 Å². The number of ether oxygens (including phenoxy) is 1. The van der Waals surface area contributed by atoms with Crippen LogP contribution in [0.3, 0.4) is 0 Å². The van der Waals surface area contributed by atoms with Crippen LogP contribution in [-0.4, -0.2) is 68.0 Å². The Morgan fingerprint density at radius 2 is 1.79 bits per heavy atom. The molecule has 0 bridgehead atoms. The van der Waals surface area contributed by atoms with Crippen LogP contribution in [0.15, 0.2) is 35.3 Å². The zero-order valence-corrected chi connectivity index (χ0v) is 18.0.